The Morgan fingerprint density at radius 1 is 1.15 bits per heavy atom. The number of aliphatic imine (C=N–C) groups is 1. The van der Waals surface area contributed by atoms with Crippen LogP contribution in [0.4, 0.5) is 8.63 Å². The molecule has 1 aliphatic heterocycles. The standard InChI is InChI=1S/C13H13BBr2F2N2/c1-6-10(19-8(3)12(6)15)5-11-7(2)13(16)9(4)20(11)14(17)18/h5H,1-4H3/b10-5-. The molecule has 0 fully saturated rings. The zero-order valence-corrected chi connectivity index (χ0v) is 14.7. The molecule has 0 N–H and O–H groups in total. The van der Waals surface area contributed by atoms with Gasteiger partial charge >= 0.3 is 7.40 Å². The van der Waals surface area contributed by atoms with Crippen LogP contribution in [0.15, 0.2) is 25.2 Å². The fourth-order valence-corrected chi connectivity index (χ4v) is 2.93. The Hall–Kier alpha value is -0.685. The number of nitrogens with zero attached hydrogens (tertiary/aromatic N) is 2. The van der Waals surface area contributed by atoms with Crippen molar-refractivity contribution in [3.63, 3.8) is 0 Å². The van der Waals surface area contributed by atoms with Crippen molar-refractivity contribution in [2.75, 3.05) is 0 Å². The predicted molar refractivity (Wildman–Crippen MR) is 87.7 cm³/mol. The molecule has 1 aliphatic rings. The number of hydrogen-bond acceptors (Lipinski definition) is 1. The highest BCUT2D eigenvalue weighted by atomic mass is 79.9. The number of halogens is 4. The third-order valence-electron chi connectivity index (χ3n) is 3.44. The van der Waals surface area contributed by atoms with Gasteiger partial charge in [-0.15, -0.1) is 0 Å². The summed E-state index contributed by atoms with van der Waals surface area (Å²) in [5, 5.41) is 0. The third-order valence-corrected chi connectivity index (χ3v) is 5.78. The molecule has 1 aromatic heterocycles. The lowest BCUT2D eigenvalue weighted by atomic mass is 10.1. The van der Waals surface area contributed by atoms with Gasteiger partial charge in [-0.1, -0.05) is 0 Å². The second-order valence-corrected chi connectivity index (χ2v) is 6.31. The summed E-state index contributed by atoms with van der Waals surface area (Å²) in [4.78, 5) is 4.41. The van der Waals surface area contributed by atoms with E-state index >= 15 is 0 Å². The molecular formula is C13H13BBr2F2N2. The lowest BCUT2D eigenvalue weighted by molar-refractivity contribution is 0.624. The molecule has 0 bridgehead atoms. The molecule has 7 heteroatoms. The van der Waals surface area contributed by atoms with Crippen LogP contribution in [0.5, 0.6) is 0 Å². The molecule has 0 saturated heterocycles. The first-order chi connectivity index (χ1) is 9.25. The van der Waals surface area contributed by atoms with Crippen molar-refractivity contribution < 1.29 is 8.63 Å². The lowest BCUT2D eigenvalue weighted by Crippen LogP contribution is -2.16. The maximum atomic E-state index is 13.3. The Balaban J connectivity index is 2.65. The van der Waals surface area contributed by atoms with E-state index in [1.54, 1.807) is 13.0 Å². The minimum Gasteiger partial charge on any atom is -0.328 e. The van der Waals surface area contributed by atoms with E-state index in [1.165, 1.54) is 0 Å². The number of rotatable bonds is 2. The van der Waals surface area contributed by atoms with Gasteiger partial charge in [0.15, 0.2) is 0 Å². The lowest BCUT2D eigenvalue weighted by Gasteiger charge is -2.06. The van der Waals surface area contributed by atoms with E-state index in [2.05, 4.69) is 36.9 Å². The highest BCUT2D eigenvalue weighted by Gasteiger charge is 2.27. The van der Waals surface area contributed by atoms with Crippen molar-refractivity contribution in [3.8, 4) is 0 Å². The molecule has 2 heterocycles. The smallest absolute Gasteiger partial charge is 0.328 e. The second kappa shape index (κ2) is 5.60. The van der Waals surface area contributed by atoms with Crippen LogP contribution >= 0.6 is 31.9 Å². The summed E-state index contributed by atoms with van der Waals surface area (Å²) in [6.07, 6.45) is 1.71. The van der Waals surface area contributed by atoms with E-state index in [0.29, 0.717) is 21.6 Å². The van der Waals surface area contributed by atoms with Gasteiger partial charge in [-0.05, 0) is 76.8 Å². The van der Waals surface area contributed by atoms with Crippen LogP contribution in [0.3, 0.4) is 0 Å². The number of hydrogen-bond donors (Lipinski definition) is 0. The Kier molecular flexibility index (Phi) is 4.40. The summed E-state index contributed by atoms with van der Waals surface area (Å²) in [7, 11) is -2.58. The van der Waals surface area contributed by atoms with Crippen molar-refractivity contribution in [2.45, 2.75) is 27.7 Å². The summed E-state index contributed by atoms with van der Waals surface area (Å²) in [5.41, 5.74) is 4.32. The van der Waals surface area contributed by atoms with Gasteiger partial charge in [0.25, 0.3) is 0 Å². The highest BCUT2D eigenvalue weighted by molar-refractivity contribution is 9.12. The van der Waals surface area contributed by atoms with E-state index in [-0.39, 0.29) is 0 Å². The van der Waals surface area contributed by atoms with Gasteiger partial charge in [0.1, 0.15) is 0 Å². The molecule has 0 amide bonds. The molecule has 20 heavy (non-hydrogen) atoms. The normalized spacial score (nSPS) is 17.2. The van der Waals surface area contributed by atoms with Crippen LogP contribution in [-0.4, -0.2) is 17.6 Å². The van der Waals surface area contributed by atoms with Gasteiger partial charge in [-0.3, -0.25) is 13.6 Å². The summed E-state index contributed by atoms with van der Waals surface area (Å²) >= 11 is 6.82. The maximum Gasteiger partial charge on any atom is 0.677 e. The van der Waals surface area contributed by atoms with Crippen LogP contribution < -0.4 is 0 Å². The van der Waals surface area contributed by atoms with Gasteiger partial charge in [0.05, 0.1) is 11.4 Å². The molecule has 0 spiro atoms. The van der Waals surface area contributed by atoms with Crippen molar-refractivity contribution in [3.05, 3.63) is 37.2 Å². The van der Waals surface area contributed by atoms with Crippen molar-refractivity contribution in [1.29, 1.82) is 0 Å². The topological polar surface area (TPSA) is 17.3 Å². The summed E-state index contributed by atoms with van der Waals surface area (Å²) in [5.74, 6) is 0. The van der Waals surface area contributed by atoms with Crippen LogP contribution in [-0.2, 0) is 0 Å². The predicted octanol–water partition coefficient (Wildman–Crippen LogP) is 5.12. The molecule has 1 aromatic rings. The minimum atomic E-state index is -2.58. The van der Waals surface area contributed by atoms with Crippen molar-refractivity contribution in [1.82, 2.24) is 4.48 Å². The SMILES string of the molecule is CC1=N/C(=C\c2c(C)c(Br)c(C)n2B(F)F)C(C)=C1Br. The summed E-state index contributed by atoms with van der Waals surface area (Å²) in [6, 6.07) is 0. The zero-order valence-electron chi connectivity index (χ0n) is 11.6. The van der Waals surface area contributed by atoms with Crippen LogP contribution in [0.25, 0.3) is 6.08 Å². The first-order valence-corrected chi connectivity index (χ1v) is 7.63. The highest BCUT2D eigenvalue weighted by Crippen LogP contribution is 2.34. The quantitative estimate of drug-likeness (QED) is 0.607. The van der Waals surface area contributed by atoms with E-state index in [9.17, 15) is 8.63 Å². The average molecular weight is 406 g/mol. The summed E-state index contributed by atoms with van der Waals surface area (Å²) in [6.45, 7) is 7.30. The molecule has 2 nitrogen and oxygen atoms in total. The van der Waals surface area contributed by atoms with Gasteiger partial charge in [0, 0.05) is 20.3 Å². The van der Waals surface area contributed by atoms with E-state index < -0.39 is 7.40 Å². The minimum absolute atomic E-state index is 0.484. The fourth-order valence-electron chi connectivity index (χ4n) is 2.25. The first kappa shape index (κ1) is 15.7. The van der Waals surface area contributed by atoms with Crippen LogP contribution in [0.2, 0.25) is 0 Å². The van der Waals surface area contributed by atoms with Crippen LogP contribution in [0, 0.1) is 13.8 Å². The van der Waals surface area contributed by atoms with E-state index in [1.807, 2.05) is 20.8 Å². The van der Waals surface area contributed by atoms with Gasteiger partial charge in [-0.2, -0.15) is 0 Å². The molecule has 0 saturated carbocycles. The molecule has 0 atom stereocenters. The fraction of sp³-hybridized carbons (Fsp3) is 0.308. The first-order valence-electron chi connectivity index (χ1n) is 6.04. The van der Waals surface area contributed by atoms with Gasteiger partial charge < -0.3 is 4.48 Å². The van der Waals surface area contributed by atoms with E-state index in [4.69, 9.17) is 0 Å². The molecule has 0 radical (unpaired) electrons. The summed E-state index contributed by atoms with van der Waals surface area (Å²) < 4.78 is 29.2. The molecule has 2 rings (SSSR count). The molecular weight excluding hydrogens is 393 g/mol. The molecule has 0 unspecified atom stereocenters. The molecule has 0 aliphatic carbocycles. The van der Waals surface area contributed by atoms with Gasteiger partial charge in [-0.25, -0.2) is 0 Å². The Morgan fingerprint density at radius 2 is 1.75 bits per heavy atom. The molecule has 0 aromatic carbocycles. The second-order valence-electron chi connectivity index (χ2n) is 4.72. The van der Waals surface area contributed by atoms with Crippen molar-refractivity contribution >= 4 is 51.0 Å². The van der Waals surface area contributed by atoms with Gasteiger partial charge in [0.2, 0.25) is 0 Å². The molecule has 106 valence electrons. The number of aromatic nitrogens is 1. The van der Waals surface area contributed by atoms with Crippen LogP contribution in [0.1, 0.15) is 30.8 Å². The Labute approximate surface area is 134 Å². The van der Waals surface area contributed by atoms with Crippen molar-refractivity contribution in [2.24, 2.45) is 4.99 Å². The Morgan fingerprint density at radius 3 is 2.20 bits per heavy atom. The maximum absolute atomic E-state index is 13.3. The third kappa shape index (κ3) is 2.46. The average Bonchev–Trinajstić information content (AvgIpc) is 2.74. The number of allylic oxidation sites excluding steroid dienone is 2. The monoisotopic (exact) mass is 404 g/mol. The van der Waals surface area contributed by atoms with E-state index in [0.717, 1.165) is 25.8 Å². The Bertz CT molecular complexity index is 672. The largest absolute Gasteiger partial charge is 0.677 e. The zero-order chi connectivity index (χ0) is 15.2.